The first kappa shape index (κ1) is 17.2. The van der Waals surface area contributed by atoms with E-state index < -0.39 is 17.6 Å². The van der Waals surface area contributed by atoms with Gasteiger partial charge < -0.3 is 5.32 Å². The maximum atomic E-state index is 13.1. The number of benzene rings is 2. The van der Waals surface area contributed by atoms with Crippen molar-refractivity contribution in [3.05, 3.63) is 65.0 Å². The number of carbonyl (C=O) groups is 1. The van der Waals surface area contributed by atoms with Gasteiger partial charge in [0, 0.05) is 17.4 Å². The Balaban J connectivity index is 1.48. The quantitative estimate of drug-likeness (QED) is 0.656. The molecule has 142 valence electrons. The molecule has 1 aromatic heterocycles. The van der Waals surface area contributed by atoms with Crippen molar-refractivity contribution in [1.82, 2.24) is 9.97 Å². The first-order valence-corrected chi connectivity index (χ1v) is 9.19. The van der Waals surface area contributed by atoms with Gasteiger partial charge in [0.05, 0.1) is 33.7 Å². The molecule has 3 aromatic rings. The molecule has 2 atom stereocenters. The van der Waals surface area contributed by atoms with Crippen LogP contribution in [0.2, 0.25) is 0 Å². The predicted molar refractivity (Wildman–Crippen MR) is 98.3 cm³/mol. The second-order valence-corrected chi connectivity index (χ2v) is 7.40. The lowest BCUT2D eigenvalue weighted by molar-refractivity contribution is -0.136. The number of hydrogen-bond acceptors (Lipinski definition) is 3. The summed E-state index contributed by atoms with van der Waals surface area (Å²) in [6.07, 6.45) is -1.19. The molecule has 0 aliphatic heterocycles. The van der Waals surface area contributed by atoms with E-state index in [0.29, 0.717) is 22.9 Å². The predicted octanol–water partition coefficient (Wildman–Crippen LogP) is 5.27. The molecule has 1 saturated carbocycles. The van der Waals surface area contributed by atoms with E-state index >= 15 is 0 Å². The number of nitrogens with one attached hydrogen (secondary N) is 1. The van der Waals surface area contributed by atoms with Gasteiger partial charge in [0.15, 0.2) is 0 Å². The number of amides is 1. The number of carbonyl (C=O) groups excluding carboxylic acids is 1. The third-order valence-electron chi connectivity index (χ3n) is 5.67. The van der Waals surface area contributed by atoms with Gasteiger partial charge in [-0.1, -0.05) is 12.1 Å². The molecular weight excluding hydrogens is 367 g/mol. The van der Waals surface area contributed by atoms with Gasteiger partial charge in [-0.05, 0) is 49.6 Å². The van der Waals surface area contributed by atoms with Crippen LogP contribution in [0.15, 0.2) is 42.5 Å². The number of rotatable bonds is 2. The number of alkyl halides is 3. The fourth-order valence-corrected chi connectivity index (χ4v) is 4.34. The summed E-state index contributed by atoms with van der Waals surface area (Å²) in [5, 5.41) is 2.37. The van der Waals surface area contributed by atoms with Crippen LogP contribution in [0, 0.1) is 0 Å². The van der Waals surface area contributed by atoms with E-state index in [9.17, 15) is 18.0 Å². The first-order valence-electron chi connectivity index (χ1n) is 9.19. The largest absolute Gasteiger partial charge is 0.418 e. The van der Waals surface area contributed by atoms with E-state index in [1.54, 1.807) is 18.2 Å². The van der Waals surface area contributed by atoms with Crippen LogP contribution in [0.25, 0.3) is 11.0 Å². The first-order chi connectivity index (χ1) is 13.4. The van der Waals surface area contributed by atoms with E-state index in [1.807, 2.05) is 0 Å². The van der Waals surface area contributed by atoms with Gasteiger partial charge in [-0.2, -0.15) is 13.2 Å². The average molecular weight is 383 g/mol. The Morgan fingerprint density at radius 1 is 0.964 bits per heavy atom. The van der Waals surface area contributed by atoms with E-state index in [1.165, 1.54) is 18.2 Å². The Bertz CT molecular complexity index is 1110. The summed E-state index contributed by atoms with van der Waals surface area (Å²) in [6, 6.07) is 9.81. The number of fused-ring (bicyclic) bond motifs is 6. The molecule has 0 saturated heterocycles. The van der Waals surface area contributed by atoms with Gasteiger partial charge >= 0.3 is 6.18 Å². The van der Waals surface area contributed by atoms with Crippen molar-refractivity contribution in [3.8, 4) is 0 Å². The zero-order valence-electron chi connectivity index (χ0n) is 14.8. The minimum atomic E-state index is -4.54. The highest BCUT2D eigenvalue weighted by molar-refractivity contribution is 6.06. The van der Waals surface area contributed by atoms with Crippen molar-refractivity contribution in [3.63, 3.8) is 0 Å². The summed E-state index contributed by atoms with van der Waals surface area (Å²) in [5.41, 5.74) is 2.50. The number of hydrogen-bond donors (Lipinski definition) is 1. The molecule has 1 fully saturated rings. The maximum Gasteiger partial charge on any atom is 0.418 e. The SMILES string of the molecule is O=C(Nc1ccccc1C(F)(F)F)c1ccc2nc3c(nc2c1)C1CCC3C1. The van der Waals surface area contributed by atoms with Crippen LogP contribution in [-0.4, -0.2) is 15.9 Å². The van der Waals surface area contributed by atoms with E-state index in [-0.39, 0.29) is 11.3 Å². The van der Waals surface area contributed by atoms with Crippen molar-refractivity contribution in [2.45, 2.75) is 37.3 Å². The summed E-state index contributed by atoms with van der Waals surface area (Å²) in [6.45, 7) is 0. The third-order valence-corrected chi connectivity index (χ3v) is 5.67. The van der Waals surface area contributed by atoms with Crippen LogP contribution >= 0.6 is 0 Å². The molecule has 2 bridgehead atoms. The smallest absolute Gasteiger partial charge is 0.321 e. The Morgan fingerprint density at radius 3 is 2.36 bits per heavy atom. The highest BCUT2D eigenvalue weighted by Crippen LogP contribution is 2.51. The van der Waals surface area contributed by atoms with Gasteiger partial charge in [-0.3, -0.25) is 4.79 Å². The van der Waals surface area contributed by atoms with E-state index in [4.69, 9.17) is 9.97 Å². The molecule has 2 aliphatic rings. The zero-order valence-corrected chi connectivity index (χ0v) is 14.8. The average Bonchev–Trinajstić information content (AvgIpc) is 3.28. The van der Waals surface area contributed by atoms with E-state index in [2.05, 4.69) is 5.32 Å². The summed E-state index contributed by atoms with van der Waals surface area (Å²) in [4.78, 5) is 22.0. The number of para-hydroxylation sites is 1. The highest BCUT2D eigenvalue weighted by Gasteiger charge is 2.39. The fourth-order valence-electron chi connectivity index (χ4n) is 4.34. The normalized spacial score (nSPS) is 20.4. The molecule has 7 heteroatoms. The zero-order chi connectivity index (χ0) is 19.5. The van der Waals surface area contributed by atoms with Crippen molar-refractivity contribution >= 4 is 22.6 Å². The molecule has 0 spiro atoms. The maximum absolute atomic E-state index is 13.1. The third kappa shape index (κ3) is 2.73. The van der Waals surface area contributed by atoms with Crippen LogP contribution in [0.1, 0.15) is 58.4 Å². The second-order valence-electron chi connectivity index (χ2n) is 7.40. The minimum absolute atomic E-state index is 0.252. The minimum Gasteiger partial charge on any atom is -0.321 e. The van der Waals surface area contributed by atoms with Crippen LogP contribution in [0.3, 0.4) is 0 Å². The van der Waals surface area contributed by atoms with Crippen LogP contribution < -0.4 is 5.32 Å². The van der Waals surface area contributed by atoms with Crippen LogP contribution in [0.4, 0.5) is 18.9 Å². The summed E-state index contributed by atoms with van der Waals surface area (Å²) in [7, 11) is 0. The van der Waals surface area contributed by atoms with Gasteiger partial charge in [0.2, 0.25) is 0 Å². The molecule has 4 nitrogen and oxygen atoms in total. The van der Waals surface area contributed by atoms with Crippen molar-refractivity contribution < 1.29 is 18.0 Å². The molecule has 28 heavy (non-hydrogen) atoms. The fraction of sp³-hybridized carbons (Fsp3) is 0.286. The van der Waals surface area contributed by atoms with Gasteiger partial charge in [0.1, 0.15) is 0 Å². The van der Waals surface area contributed by atoms with Gasteiger partial charge in [-0.25, -0.2) is 9.97 Å². The molecule has 2 unspecified atom stereocenters. The Morgan fingerprint density at radius 2 is 1.64 bits per heavy atom. The molecule has 0 radical (unpaired) electrons. The second kappa shape index (κ2) is 6.02. The van der Waals surface area contributed by atoms with Crippen molar-refractivity contribution in [2.75, 3.05) is 5.32 Å². The monoisotopic (exact) mass is 383 g/mol. The molecule has 2 aromatic carbocycles. The van der Waals surface area contributed by atoms with Gasteiger partial charge in [-0.15, -0.1) is 0 Å². The lowest BCUT2D eigenvalue weighted by Gasteiger charge is -2.15. The molecule has 1 N–H and O–H groups in total. The van der Waals surface area contributed by atoms with Gasteiger partial charge in [0.25, 0.3) is 5.91 Å². The molecule has 1 amide bonds. The highest BCUT2D eigenvalue weighted by atomic mass is 19.4. The number of halogens is 3. The topological polar surface area (TPSA) is 54.9 Å². The molecule has 5 rings (SSSR count). The standard InChI is InChI=1S/C21H16F3N3O/c22-21(23,24)14-3-1-2-4-15(14)27-20(28)13-7-8-16-17(10-13)26-19-12-6-5-11(9-12)18(19)25-16/h1-4,7-8,10-12H,5-6,9H2,(H,27,28). The lowest BCUT2D eigenvalue weighted by Crippen LogP contribution is -2.16. The number of nitrogens with zero attached hydrogens (tertiary/aromatic N) is 2. The Kier molecular flexibility index (Phi) is 3.69. The molecule has 2 aliphatic carbocycles. The number of aromatic nitrogens is 2. The summed E-state index contributed by atoms with van der Waals surface area (Å²) in [5.74, 6) is 0.314. The van der Waals surface area contributed by atoms with Crippen LogP contribution in [0.5, 0.6) is 0 Å². The van der Waals surface area contributed by atoms with Crippen molar-refractivity contribution in [1.29, 1.82) is 0 Å². The van der Waals surface area contributed by atoms with Crippen molar-refractivity contribution in [2.24, 2.45) is 0 Å². The molecule has 1 heterocycles. The molecular formula is C21H16F3N3O. The number of anilines is 1. The Labute approximate surface area is 158 Å². The lowest BCUT2D eigenvalue weighted by atomic mass is 10.00. The summed E-state index contributed by atoms with van der Waals surface area (Å²) >= 11 is 0. The summed E-state index contributed by atoms with van der Waals surface area (Å²) < 4.78 is 39.4. The Hall–Kier alpha value is -2.96. The van der Waals surface area contributed by atoms with Crippen LogP contribution in [-0.2, 0) is 6.18 Å². The van der Waals surface area contributed by atoms with E-state index in [0.717, 1.165) is 36.7 Å².